The number of rotatable bonds is 4. The van der Waals surface area contributed by atoms with Gasteiger partial charge in [0, 0.05) is 16.8 Å². The highest BCUT2D eigenvalue weighted by atomic mass is 14.9. The third-order valence-corrected chi connectivity index (χ3v) is 7.82. The van der Waals surface area contributed by atoms with Crippen LogP contribution in [0.4, 0.5) is 11.4 Å². The summed E-state index contributed by atoms with van der Waals surface area (Å²) in [4.78, 5) is 0. The SMILES string of the molecule is CC1(C)c2cccc3cc(-c4ccc(-c5ccc(Nc6ccccc6)cc5)cc4)c4cccc1c4c23. The van der Waals surface area contributed by atoms with E-state index in [1.807, 2.05) is 18.2 Å². The van der Waals surface area contributed by atoms with Crippen molar-refractivity contribution in [2.45, 2.75) is 19.3 Å². The lowest BCUT2D eigenvalue weighted by molar-refractivity contribution is 0.663. The molecule has 0 heterocycles. The Balaban J connectivity index is 1.26. The second-order valence-electron chi connectivity index (χ2n) is 10.3. The van der Waals surface area contributed by atoms with Gasteiger partial charge in [-0.05, 0) is 85.3 Å². The molecule has 0 aromatic heterocycles. The molecule has 0 atom stereocenters. The molecule has 1 aliphatic rings. The standard InChI is InChI=1S/C35H27N/c1-35(2)31-12-6-8-26-22-30(29-11-7-13-32(35)34(29)33(26)31)25-16-14-23(15-17-25)24-18-20-28(21-19-24)36-27-9-4-3-5-10-27/h3-22,36H,1-2H3. The average Bonchev–Trinajstić information content (AvgIpc) is 3.16. The zero-order chi connectivity index (χ0) is 24.3. The van der Waals surface area contributed by atoms with Gasteiger partial charge in [-0.25, -0.2) is 0 Å². The molecule has 0 amide bonds. The zero-order valence-electron chi connectivity index (χ0n) is 20.5. The molecule has 36 heavy (non-hydrogen) atoms. The molecular weight excluding hydrogens is 434 g/mol. The first-order chi connectivity index (χ1) is 17.6. The van der Waals surface area contributed by atoms with Gasteiger partial charge < -0.3 is 5.32 Å². The highest BCUT2D eigenvalue weighted by molar-refractivity contribution is 6.19. The van der Waals surface area contributed by atoms with E-state index in [0.29, 0.717) is 0 Å². The van der Waals surface area contributed by atoms with Crippen LogP contribution in [0.15, 0.2) is 121 Å². The maximum Gasteiger partial charge on any atom is 0.0384 e. The molecule has 0 radical (unpaired) electrons. The second-order valence-corrected chi connectivity index (χ2v) is 10.3. The van der Waals surface area contributed by atoms with Crippen LogP contribution in [0.3, 0.4) is 0 Å². The molecule has 172 valence electrons. The Kier molecular flexibility index (Phi) is 4.56. The van der Waals surface area contributed by atoms with E-state index in [2.05, 4.69) is 122 Å². The van der Waals surface area contributed by atoms with Crippen LogP contribution >= 0.6 is 0 Å². The number of hydrogen-bond donors (Lipinski definition) is 1. The molecule has 1 N–H and O–H groups in total. The Morgan fingerprint density at radius 2 is 1.08 bits per heavy atom. The summed E-state index contributed by atoms with van der Waals surface area (Å²) in [5.74, 6) is 0. The van der Waals surface area contributed by atoms with Crippen LogP contribution in [0, 0.1) is 0 Å². The third-order valence-electron chi connectivity index (χ3n) is 7.82. The first-order valence-electron chi connectivity index (χ1n) is 12.6. The number of nitrogens with one attached hydrogen (secondary N) is 1. The van der Waals surface area contributed by atoms with Gasteiger partial charge in [-0.2, -0.15) is 0 Å². The van der Waals surface area contributed by atoms with Crippen LogP contribution in [0.1, 0.15) is 25.0 Å². The predicted octanol–water partition coefficient (Wildman–Crippen LogP) is 9.71. The van der Waals surface area contributed by atoms with E-state index in [1.165, 1.54) is 54.9 Å². The van der Waals surface area contributed by atoms with Gasteiger partial charge >= 0.3 is 0 Å². The van der Waals surface area contributed by atoms with Crippen LogP contribution in [0.25, 0.3) is 43.8 Å². The van der Waals surface area contributed by atoms with Crippen molar-refractivity contribution < 1.29 is 0 Å². The molecule has 1 nitrogen and oxygen atoms in total. The average molecular weight is 462 g/mol. The molecule has 1 heteroatoms. The van der Waals surface area contributed by atoms with Crippen molar-refractivity contribution in [3.8, 4) is 22.3 Å². The minimum absolute atomic E-state index is 0.0331. The molecule has 0 spiro atoms. The summed E-state index contributed by atoms with van der Waals surface area (Å²) in [6.07, 6.45) is 0. The van der Waals surface area contributed by atoms with Gasteiger partial charge in [0.2, 0.25) is 0 Å². The van der Waals surface area contributed by atoms with E-state index < -0.39 is 0 Å². The molecule has 0 saturated carbocycles. The first kappa shape index (κ1) is 21.0. The van der Waals surface area contributed by atoms with Crippen molar-refractivity contribution in [1.29, 1.82) is 0 Å². The van der Waals surface area contributed by atoms with E-state index in [4.69, 9.17) is 0 Å². The van der Waals surface area contributed by atoms with Crippen molar-refractivity contribution in [2.75, 3.05) is 5.32 Å². The van der Waals surface area contributed by atoms with Crippen LogP contribution in [-0.4, -0.2) is 0 Å². The molecule has 0 fully saturated rings. The van der Waals surface area contributed by atoms with Crippen molar-refractivity contribution in [3.63, 3.8) is 0 Å². The first-order valence-corrected chi connectivity index (χ1v) is 12.6. The quantitative estimate of drug-likeness (QED) is 0.258. The summed E-state index contributed by atoms with van der Waals surface area (Å²) in [6, 6.07) is 43.9. The molecule has 0 saturated heterocycles. The van der Waals surface area contributed by atoms with Crippen LogP contribution < -0.4 is 5.32 Å². The molecule has 7 rings (SSSR count). The van der Waals surface area contributed by atoms with E-state index in [1.54, 1.807) is 0 Å². The predicted molar refractivity (Wildman–Crippen MR) is 154 cm³/mol. The van der Waals surface area contributed by atoms with E-state index in [-0.39, 0.29) is 5.41 Å². The molecule has 0 aliphatic heterocycles. The van der Waals surface area contributed by atoms with Gasteiger partial charge in [0.05, 0.1) is 0 Å². The van der Waals surface area contributed by atoms with E-state index in [9.17, 15) is 0 Å². The second kappa shape index (κ2) is 7.83. The number of anilines is 2. The summed E-state index contributed by atoms with van der Waals surface area (Å²) in [6.45, 7) is 4.71. The van der Waals surface area contributed by atoms with E-state index >= 15 is 0 Å². The van der Waals surface area contributed by atoms with Crippen molar-refractivity contribution in [3.05, 3.63) is 132 Å². The van der Waals surface area contributed by atoms with Gasteiger partial charge in [0.25, 0.3) is 0 Å². The minimum Gasteiger partial charge on any atom is -0.356 e. The van der Waals surface area contributed by atoms with Crippen molar-refractivity contribution in [2.24, 2.45) is 0 Å². The van der Waals surface area contributed by atoms with Crippen LogP contribution in [-0.2, 0) is 5.41 Å². The van der Waals surface area contributed by atoms with E-state index in [0.717, 1.165) is 11.4 Å². The Hall–Kier alpha value is -4.36. The Morgan fingerprint density at radius 3 is 1.81 bits per heavy atom. The van der Waals surface area contributed by atoms with Gasteiger partial charge in [0.15, 0.2) is 0 Å². The summed E-state index contributed by atoms with van der Waals surface area (Å²) < 4.78 is 0. The largest absolute Gasteiger partial charge is 0.356 e. The van der Waals surface area contributed by atoms with Crippen LogP contribution in [0.5, 0.6) is 0 Å². The fourth-order valence-corrected chi connectivity index (χ4v) is 5.95. The lowest BCUT2D eigenvalue weighted by Crippen LogP contribution is -2.14. The normalized spacial score (nSPS) is 13.5. The fourth-order valence-electron chi connectivity index (χ4n) is 5.95. The van der Waals surface area contributed by atoms with Crippen LogP contribution in [0.2, 0.25) is 0 Å². The van der Waals surface area contributed by atoms with Gasteiger partial charge in [-0.15, -0.1) is 0 Å². The summed E-state index contributed by atoms with van der Waals surface area (Å²) in [5, 5.41) is 9.00. The number of benzene rings is 6. The zero-order valence-corrected chi connectivity index (χ0v) is 20.5. The number of para-hydroxylation sites is 1. The van der Waals surface area contributed by atoms with Gasteiger partial charge in [-0.1, -0.05) is 105 Å². The molecule has 6 aromatic carbocycles. The monoisotopic (exact) mass is 461 g/mol. The third kappa shape index (κ3) is 3.17. The molecule has 0 bridgehead atoms. The fraction of sp³-hybridized carbons (Fsp3) is 0.0857. The summed E-state index contributed by atoms with van der Waals surface area (Å²) in [5.41, 5.74) is 10.1. The smallest absolute Gasteiger partial charge is 0.0384 e. The number of hydrogen-bond acceptors (Lipinski definition) is 1. The Bertz CT molecular complexity index is 1740. The molecular formula is C35H27N. The molecule has 0 unspecified atom stereocenters. The summed E-state index contributed by atoms with van der Waals surface area (Å²) in [7, 11) is 0. The summed E-state index contributed by atoms with van der Waals surface area (Å²) >= 11 is 0. The Morgan fingerprint density at radius 1 is 0.500 bits per heavy atom. The Labute approximate surface area is 212 Å². The van der Waals surface area contributed by atoms with Crippen molar-refractivity contribution in [1.82, 2.24) is 0 Å². The van der Waals surface area contributed by atoms with Gasteiger partial charge in [0.1, 0.15) is 0 Å². The van der Waals surface area contributed by atoms with Gasteiger partial charge in [-0.3, -0.25) is 0 Å². The topological polar surface area (TPSA) is 12.0 Å². The maximum atomic E-state index is 3.46. The van der Waals surface area contributed by atoms with Crippen molar-refractivity contribution >= 4 is 32.9 Å². The highest BCUT2D eigenvalue weighted by Crippen LogP contribution is 2.50. The minimum atomic E-state index is 0.0331. The lowest BCUT2D eigenvalue weighted by atomic mass is 9.82. The molecule has 1 aliphatic carbocycles. The maximum absolute atomic E-state index is 3.46. The highest BCUT2D eigenvalue weighted by Gasteiger charge is 2.34. The lowest BCUT2D eigenvalue weighted by Gasteiger charge is -2.21. The molecule has 6 aromatic rings.